The Labute approximate surface area is 223 Å². The summed E-state index contributed by atoms with van der Waals surface area (Å²) < 4.78 is 7.63. The summed E-state index contributed by atoms with van der Waals surface area (Å²) >= 11 is 18.7. The maximum atomic E-state index is 12.1. The molecule has 0 aromatic heterocycles. The number of hydrazone groups is 1. The lowest BCUT2D eigenvalue weighted by molar-refractivity contribution is -0.120. The summed E-state index contributed by atoms with van der Waals surface area (Å²) in [6.45, 7) is 0.591. The fraction of sp³-hybridized carbons (Fsp3) is 0.125. The zero-order valence-electron chi connectivity index (χ0n) is 17.7. The highest BCUT2D eigenvalue weighted by molar-refractivity contribution is 9.10. The van der Waals surface area contributed by atoms with Crippen LogP contribution < -0.4 is 15.5 Å². The zero-order chi connectivity index (χ0) is 24.5. The van der Waals surface area contributed by atoms with Crippen LogP contribution in [0.2, 0.25) is 10.0 Å². The molecule has 0 spiro atoms. The Balaban J connectivity index is 1.42. The molecule has 0 radical (unpaired) electrons. The van der Waals surface area contributed by atoms with Gasteiger partial charge in [0.25, 0.3) is 5.91 Å². The second-order valence-electron chi connectivity index (χ2n) is 7.03. The summed E-state index contributed by atoms with van der Waals surface area (Å²) in [6, 6.07) is 18.0. The van der Waals surface area contributed by atoms with Crippen molar-refractivity contribution in [1.29, 1.82) is 0 Å². The lowest BCUT2D eigenvalue weighted by Crippen LogP contribution is -2.29. The topological polar surface area (TPSA) is 79.8 Å². The van der Waals surface area contributed by atoms with E-state index in [-0.39, 0.29) is 29.8 Å². The molecule has 2 amide bonds. The van der Waals surface area contributed by atoms with Gasteiger partial charge in [0, 0.05) is 23.0 Å². The first kappa shape index (κ1) is 26.2. The van der Waals surface area contributed by atoms with Crippen LogP contribution in [0.5, 0.6) is 5.75 Å². The van der Waals surface area contributed by atoms with Crippen LogP contribution in [0.3, 0.4) is 0 Å². The van der Waals surface area contributed by atoms with Crippen LogP contribution >= 0.6 is 55.1 Å². The van der Waals surface area contributed by atoms with E-state index in [1.165, 1.54) is 12.3 Å². The third-order valence-electron chi connectivity index (χ3n) is 4.49. The molecule has 3 aromatic rings. The van der Waals surface area contributed by atoms with E-state index in [9.17, 15) is 9.59 Å². The first-order valence-corrected chi connectivity index (χ1v) is 12.4. The molecule has 0 bridgehead atoms. The van der Waals surface area contributed by atoms with Gasteiger partial charge in [-0.1, -0.05) is 51.3 Å². The Morgan fingerprint density at radius 2 is 1.74 bits per heavy atom. The number of rotatable bonds is 9. The molecule has 3 rings (SSSR count). The largest absolute Gasteiger partial charge is 0.488 e. The van der Waals surface area contributed by atoms with Crippen molar-refractivity contribution in [1.82, 2.24) is 10.7 Å². The average molecular weight is 628 g/mol. The monoisotopic (exact) mass is 625 g/mol. The van der Waals surface area contributed by atoms with Gasteiger partial charge in [-0.15, -0.1) is 0 Å². The van der Waals surface area contributed by atoms with Gasteiger partial charge in [0.15, 0.2) is 0 Å². The number of carbonyl (C=O) groups is 2. The number of hydrogen-bond acceptors (Lipinski definition) is 4. The van der Waals surface area contributed by atoms with Crippen LogP contribution in [0.4, 0.5) is 0 Å². The fourth-order valence-corrected chi connectivity index (χ4v) is 3.79. The summed E-state index contributed by atoms with van der Waals surface area (Å²) in [5, 5.41) is 7.26. The van der Waals surface area contributed by atoms with Crippen LogP contribution in [0.15, 0.2) is 74.7 Å². The van der Waals surface area contributed by atoms with E-state index in [1.807, 2.05) is 42.5 Å². The number of amides is 2. The lowest BCUT2D eigenvalue weighted by atomic mass is 10.2. The number of nitrogens with zero attached hydrogens (tertiary/aromatic N) is 1. The summed E-state index contributed by atoms with van der Waals surface area (Å²) in [6.07, 6.45) is 1.59. The molecule has 0 atom stereocenters. The number of benzene rings is 3. The molecule has 3 aromatic carbocycles. The number of nitrogens with one attached hydrogen (secondary N) is 2. The van der Waals surface area contributed by atoms with E-state index >= 15 is 0 Å². The number of halogens is 4. The fourth-order valence-electron chi connectivity index (χ4n) is 2.72. The Kier molecular flexibility index (Phi) is 9.95. The van der Waals surface area contributed by atoms with Gasteiger partial charge in [-0.2, -0.15) is 5.10 Å². The van der Waals surface area contributed by atoms with Gasteiger partial charge < -0.3 is 10.1 Å². The number of ether oxygens (including phenoxy) is 1. The molecule has 0 heterocycles. The summed E-state index contributed by atoms with van der Waals surface area (Å²) in [7, 11) is 0. The van der Waals surface area contributed by atoms with Crippen molar-refractivity contribution in [3.8, 4) is 5.75 Å². The van der Waals surface area contributed by atoms with Gasteiger partial charge in [0.2, 0.25) is 5.91 Å². The smallest absolute Gasteiger partial charge is 0.251 e. The predicted molar refractivity (Wildman–Crippen MR) is 142 cm³/mol. The van der Waals surface area contributed by atoms with Crippen molar-refractivity contribution >= 4 is 73.1 Å². The third-order valence-corrected chi connectivity index (χ3v) is 6.37. The number of hydrogen-bond donors (Lipinski definition) is 2. The van der Waals surface area contributed by atoms with Crippen LogP contribution in [-0.4, -0.2) is 24.6 Å². The van der Waals surface area contributed by atoms with E-state index in [2.05, 4.69) is 47.7 Å². The van der Waals surface area contributed by atoms with Crippen molar-refractivity contribution in [2.75, 3.05) is 6.54 Å². The van der Waals surface area contributed by atoms with E-state index in [1.54, 1.807) is 12.1 Å². The zero-order valence-corrected chi connectivity index (χ0v) is 22.3. The Morgan fingerprint density at radius 1 is 0.971 bits per heavy atom. The molecule has 0 aliphatic carbocycles. The van der Waals surface area contributed by atoms with Crippen molar-refractivity contribution in [2.24, 2.45) is 5.10 Å². The van der Waals surface area contributed by atoms with Gasteiger partial charge >= 0.3 is 0 Å². The summed E-state index contributed by atoms with van der Waals surface area (Å²) in [4.78, 5) is 24.1. The van der Waals surface area contributed by atoms with Gasteiger partial charge in [-0.05, 0) is 75.6 Å². The molecule has 2 N–H and O–H groups in total. The first-order valence-electron chi connectivity index (χ1n) is 10.0. The minimum absolute atomic E-state index is 0.0664. The molecule has 0 aliphatic rings. The predicted octanol–water partition coefficient (Wildman–Crippen LogP) is 6.37. The minimum Gasteiger partial charge on any atom is -0.488 e. The highest BCUT2D eigenvalue weighted by Gasteiger charge is 2.09. The first-order chi connectivity index (χ1) is 16.3. The van der Waals surface area contributed by atoms with E-state index in [0.717, 1.165) is 20.1 Å². The van der Waals surface area contributed by atoms with E-state index in [4.69, 9.17) is 27.9 Å². The lowest BCUT2D eigenvalue weighted by Gasteiger charge is -2.09. The maximum absolute atomic E-state index is 12.1. The van der Waals surface area contributed by atoms with Crippen LogP contribution in [0.25, 0.3) is 0 Å². The van der Waals surface area contributed by atoms with Crippen molar-refractivity contribution in [2.45, 2.75) is 13.0 Å². The molecular formula is C24H19Br2Cl2N3O3. The van der Waals surface area contributed by atoms with Gasteiger partial charge in [-0.25, -0.2) is 5.43 Å². The molecule has 0 saturated carbocycles. The second-order valence-corrected chi connectivity index (χ2v) is 9.62. The molecule has 6 nitrogen and oxygen atoms in total. The molecule has 0 fully saturated rings. The Bertz CT molecular complexity index is 1200. The average Bonchev–Trinajstić information content (AvgIpc) is 2.81. The number of carbonyl (C=O) groups excluding carboxylic acids is 2. The molecular weight excluding hydrogens is 609 g/mol. The highest BCUT2D eigenvalue weighted by atomic mass is 79.9. The summed E-state index contributed by atoms with van der Waals surface area (Å²) in [5.74, 6) is 0.0168. The van der Waals surface area contributed by atoms with Crippen molar-refractivity contribution in [3.05, 3.63) is 96.3 Å². The normalized spacial score (nSPS) is 10.8. The summed E-state index contributed by atoms with van der Waals surface area (Å²) in [5.41, 5.74) is 4.63. The van der Waals surface area contributed by atoms with Crippen LogP contribution in [0, 0.1) is 0 Å². The molecule has 0 unspecified atom stereocenters. The molecule has 10 heteroatoms. The Morgan fingerprint density at radius 3 is 2.44 bits per heavy atom. The third kappa shape index (κ3) is 8.13. The molecule has 176 valence electrons. The Hall–Kier alpha value is -2.39. The SMILES string of the molecule is O=C(CCNC(=O)c1ccc(Cl)c(Cl)c1)NN=Cc1ccc(OCc2ccc(Br)cc2)c(Br)c1. The highest BCUT2D eigenvalue weighted by Crippen LogP contribution is 2.26. The second kappa shape index (κ2) is 12.9. The van der Waals surface area contributed by atoms with E-state index < -0.39 is 0 Å². The molecule has 34 heavy (non-hydrogen) atoms. The van der Waals surface area contributed by atoms with Gasteiger partial charge in [0.05, 0.1) is 20.7 Å². The molecule has 0 saturated heterocycles. The molecule has 0 aliphatic heterocycles. The van der Waals surface area contributed by atoms with Gasteiger partial charge in [-0.3, -0.25) is 9.59 Å². The van der Waals surface area contributed by atoms with Gasteiger partial charge in [0.1, 0.15) is 12.4 Å². The maximum Gasteiger partial charge on any atom is 0.251 e. The van der Waals surface area contributed by atoms with Crippen LogP contribution in [0.1, 0.15) is 27.9 Å². The van der Waals surface area contributed by atoms with Crippen LogP contribution in [-0.2, 0) is 11.4 Å². The standard InChI is InChI=1S/C24H19Br2Cl2N3O3/c25-18-5-1-15(2-6-18)14-34-22-8-3-16(11-19(22)26)13-30-31-23(32)9-10-29-24(33)17-4-7-20(27)21(28)12-17/h1-8,11-13H,9-10,14H2,(H,29,33)(H,31,32). The van der Waals surface area contributed by atoms with E-state index in [0.29, 0.717) is 22.9 Å². The quantitative estimate of drug-likeness (QED) is 0.214. The minimum atomic E-state index is -0.345. The van der Waals surface area contributed by atoms with Crippen molar-refractivity contribution < 1.29 is 14.3 Å². The van der Waals surface area contributed by atoms with Crippen molar-refractivity contribution in [3.63, 3.8) is 0 Å².